The molecule has 0 bridgehead atoms. The molecule has 0 radical (unpaired) electrons. The maximum absolute atomic E-state index is 12.4. The summed E-state index contributed by atoms with van der Waals surface area (Å²) in [4.78, 5) is 4.03. The summed E-state index contributed by atoms with van der Waals surface area (Å²) in [5.74, 6) is 0.442. The van der Waals surface area contributed by atoms with Crippen LogP contribution in [-0.2, 0) is 23.6 Å². The van der Waals surface area contributed by atoms with Gasteiger partial charge in [-0.25, -0.2) is 18.1 Å². The van der Waals surface area contributed by atoms with Crippen LogP contribution >= 0.6 is 0 Å². The lowest BCUT2D eigenvalue weighted by Crippen LogP contribution is -2.26. The zero-order valence-corrected chi connectivity index (χ0v) is 11.9. The predicted molar refractivity (Wildman–Crippen MR) is 74.6 cm³/mol. The van der Waals surface area contributed by atoms with E-state index in [4.69, 9.17) is 5.73 Å². The molecule has 0 fully saturated rings. The molecule has 0 atom stereocenters. The predicted octanol–water partition coefficient (Wildman–Crippen LogP) is -0.476. The van der Waals surface area contributed by atoms with Crippen molar-refractivity contribution < 1.29 is 8.42 Å². The molecule has 3 aromatic rings. The van der Waals surface area contributed by atoms with Crippen LogP contribution in [0.4, 0.5) is 5.82 Å². The summed E-state index contributed by atoms with van der Waals surface area (Å²) in [6.45, 7) is 0.0122. The van der Waals surface area contributed by atoms with Crippen molar-refractivity contribution in [3.8, 4) is 0 Å². The molecule has 0 aliphatic carbocycles. The second-order valence-corrected chi connectivity index (χ2v) is 6.10. The first kappa shape index (κ1) is 13.5. The summed E-state index contributed by atoms with van der Waals surface area (Å²) >= 11 is 0. The molecule has 3 aromatic heterocycles. The summed E-state index contributed by atoms with van der Waals surface area (Å²) in [5.41, 5.74) is 6.20. The number of aromatic nitrogens is 5. The molecule has 3 rings (SSSR count). The molecule has 0 aliphatic rings. The maximum Gasteiger partial charge on any atom is 0.260 e. The Hall–Kier alpha value is -2.46. The molecule has 0 spiro atoms. The Morgan fingerprint density at radius 2 is 2.19 bits per heavy atom. The highest BCUT2D eigenvalue weighted by Gasteiger charge is 2.24. The van der Waals surface area contributed by atoms with Crippen LogP contribution in [0.2, 0.25) is 0 Å². The van der Waals surface area contributed by atoms with Crippen LogP contribution in [0.15, 0.2) is 35.7 Å². The Bertz CT molecular complexity index is 896. The molecular weight excluding hydrogens is 294 g/mol. The number of hydrogen-bond acceptors (Lipinski definition) is 6. The Kier molecular flexibility index (Phi) is 3.11. The Labute approximate surface area is 120 Å². The van der Waals surface area contributed by atoms with Crippen LogP contribution in [0.3, 0.4) is 0 Å². The van der Waals surface area contributed by atoms with Gasteiger partial charge in [-0.05, 0) is 12.1 Å². The first-order valence-electron chi connectivity index (χ1n) is 6.04. The van der Waals surface area contributed by atoms with Crippen LogP contribution in [0, 0.1) is 0 Å². The van der Waals surface area contributed by atoms with E-state index in [-0.39, 0.29) is 17.4 Å². The number of pyridine rings is 1. The van der Waals surface area contributed by atoms with Gasteiger partial charge in [0.1, 0.15) is 17.8 Å². The fourth-order valence-electron chi connectivity index (χ4n) is 1.95. The van der Waals surface area contributed by atoms with E-state index in [0.717, 1.165) is 0 Å². The third-order valence-electron chi connectivity index (χ3n) is 2.99. The fourth-order valence-corrected chi connectivity index (χ4v) is 3.14. The van der Waals surface area contributed by atoms with E-state index in [2.05, 4.69) is 19.9 Å². The van der Waals surface area contributed by atoms with Gasteiger partial charge in [0.15, 0.2) is 10.8 Å². The fraction of sp³-hybridized carbons (Fsp3) is 0.182. The number of nitrogens with zero attached hydrogens (tertiary/aromatic N) is 5. The van der Waals surface area contributed by atoms with Gasteiger partial charge in [-0.15, -0.1) is 10.2 Å². The van der Waals surface area contributed by atoms with Crippen molar-refractivity contribution in [2.45, 2.75) is 11.6 Å². The number of nitrogen functional groups attached to an aromatic ring is 1. The van der Waals surface area contributed by atoms with Gasteiger partial charge in [0.2, 0.25) is 0 Å². The van der Waals surface area contributed by atoms with Gasteiger partial charge in [0.05, 0.1) is 6.54 Å². The monoisotopic (exact) mass is 307 g/mol. The van der Waals surface area contributed by atoms with Gasteiger partial charge in [-0.2, -0.15) is 0 Å². The minimum atomic E-state index is -3.82. The lowest BCUT2D eigenvalue weighted by molar-refractivity contribution is 0.573. The van der Waals surface area contributed by atoms with E-state index in [1.54, 1.807) is 36.0 Å². The average molecular weight is 307 g/mol. The molecule has 0 saturated carbocycles. The van der Waals surface area contributed by atoms with Gasteiger partial charge in [-0.3, -0.25) is 4.40 Å². The topological polar surface area (TPSA) is 120 Å². The molecule has 21 heavy (non-hydrogen) atoms. The summed E-state index contributed by atoms with van der Waals surface area (Å²) < 4.78 is 30.3. The number of hydrogen-bond donors (Lipinski definition) is 2. The first-order chi connectivity index (χ1) is 9.99. The van der Waals surface area contributed by atoms with Crippen molar-refractivity contribution in [3.05, 3.63) is 36.5 Å². The molecule has 3 N–H and O–H groups in total. The van der Waals surface area contributed by atoms with Crippen molar-refractivity contribution in [2.24, 2.45) is 7.05 Å². The van der Waals surface area contributed by atoms with Crippen molar-refractivity contribution in [2.75, 3.05) is 5.73 Å². The molecule has 0 saturated heterocycles. The van der Waals surface area contributed by atoms with E-state index < -0.39 is 10.0 Å². The maximum atomic E-state index is 12.4. The van der Waals surface area contributed by atoms with E-state index >= 15 is 0 Å². The summed E-state index contributed by atoms with van der Waals surface area (Å²) in [6.07, 6.45) is 3.09. The number of aryl methyl sites for hydroxylation is 1. The van der Waals surface area contributed by atoms with Gasteiger partial charge in [0, 0.05) is 13.2 Å². The van der Waals surface area contributed by atoms with Crippen LogP contribution in [-0.4, -0.2) is 32.6 Å². The highest BCUT2D eigenvalue weighted by atomic mass is 32.2. The quantitative estimate of drug-likeness (QED) is 0.672. The van der Waals surface area contributed by atoms with Crippen molar-refractivity contribution in [1.82, 2.24) is 28.9 Å². The van der Waals surface area contributed by atoms with E-state index in [1.807, 2.05) is 0 Å². The van der Waals surface area contributed by atoms with Crippen LogP contribution in [0.25, 0.3) is 5.65 Å². The molecule has 0 aromatic carbocycles. The van der Waals surface area contributed by atoms with Gasteiger partial charge < -0.3 is 10.3 Å². The highest BCUT2D eigenvalue weighted by Crippen LogP contribution is 2.19. The van der Waals surface area contributed by atoms with Crippen molar-refractivity contribution in [1.29, 1.82) is 0 Å². The lowest BCUT2D eigenvalue weighted by Gasteiger charge is -2.06. The summed E-state index contributed by atoms with van der Waals surface area (Å²) in [7, 11) is -2.09. The van der Waals surface area contributed by atoms with E-state index in [9.17, 15) is 8.42 Å². The lowest BCUT2D eigenvalue weighted by atomic mass is 10.5. The Morgan fingerprint density at radius 1 is 1.38 bits per heavy atom. The molecule has 0 amide bonds. The zero-order chi connectivity index (χ0) is 15.0. The third-order valence-corrected chi connectivity index (χ3v) is 4.43. The molecule has 0 unspecified atom stereocenters. The smallest absolute Gasteiger partial charge is 0.260 e. The molecule has 0 aliphatic heterocycles. The number of sulfonamides is 1. The average Bonchev–Trinajstić information content (AvgIpc) is 2.99. The third kappa shape index (κ3) is 2.34. The minimum absolute atomic E-state index is 0.0122. The number of rotatable bonds is 4. The van der Waals surface area contributed by atoms with Crippen LogP contribution < -0.4 is 10.5 Å². The van der Waals surface area contributed by atoms with Crippen molar-refractivity contribution in [3.63, 3.8) is 0 Å². The number of nitrogens with one attached hydrogen (secondary N) is 1. The summed E-state index contributed by atoms with van der Waals surface area (Å²) in [5, 5.41) is 7.42. The van der Waals surface area contributed by atoms with Crippen LogP contribution in [0.1, 0.15) is 5.82 Å². The molecule has 110 valence electrons. The zero-order valence-electron chi connectivity index (χ0n) is 11.1. The number of imidazole rings is 1. The largest absolute Gasteiger partial charge is 0.381 e. The molecular formula is C11H13N7O2S. The second kappa shape index (κ2) is 4.82. The normalized spacial score (nSPS) is 12.0. The minimum Gasteiger partial charge on any atom is -0.381 e. The Balaban J connectivity index is 1.97. The van der Waals surface area contributed by atoms with Gasteiger partial charge in [-0.1, -0.05) is 6.07 Å². The Morgan fingerprint density at radius 3 is 2.90 bits per heavy atom. The van der Waals surface area contributed by atoms with Crippen LogP contribution in [0.5, 0.6) is 0 Å². The second-order valence-electron chi connectivity index (χ2n) is 4.41. The SMILES string of the molecule is Cn1cnnc1CNS(=O)(=O)c1c(N)nc2ccccn12. The van der Waals surface area contributed by atoms with Gasteiger partial charge in [0.25, 0.3) is 10.0 Å². The molecule has 10 heteroatoms. The summed E-state index contributed by atoms with van der Waals surface area (Å²) in [6, 6.07) is 5.14. The van der Waals surface area contributed by atoms with Crippen molar-refractivity contribution >= 4 is 21.5 Å². The number of fused-ring (bicyclic) bond motifs is 1. The van der Waals surface area contributed by atoms with E-state index in [1.165, 1.54) is 10.7 Å². The van der Waals surface area contributed by atoms with Gasteiger partial charge >= 0.3 is 0 Å². The number of nitrogens with two attached hydrogens (primary N) is 1. The molecule has 3 heterocycles. The van der Waals surface area contributed by atoms with E-state index in [0.29, 0.717) is 11.5 Å². The number of anilines is 1. The first-order valence-corrected chi connectivity index (χ1v) is 7.52. The highest BCUT2D eigenvalue weighted by molar-refractivity contribution is 7.89. The molecule has 9 nitrogen and oxygen atoms in total. The standard InChI is InChI=1S/C11H13N7O2S/c1-17-7-13-16-9(17)6-14-21(19,20)11-10(12)15-8-4-2-3-5-18(8)11/h2-5,7,14H,6,12H2,1H3.